The molecule has 1 fully saturated rings. The van der Waals surface area contributed by atoms with E-state index in [-0.39, 0.29) is 17.6 Å². The average Bonchev–Trinajstić information content (AvgIpc) is 3.48. The van der Waals surface area contributed by atoms with Gasteiger partial charge < -0.3 is 15.4 Å². The molecule has 1 atom stereocenters. The number of carbonyl (C=O) groups excluding carboxylic acids is 1. The first-order valence-corrected chi connectivity index (χ1v) is 11.5. The zero-order valence-electron chi connectivity index (χ0n) is 19.6. The van der Waals surface area contributed by atoms with E-state index in [4.69, 9.17) is 4.74 Å². The lowest BCUT2D eigenvalue weighted by atomic mass is 10.1. The Morgan fingerprint density at radius 3 is 2.76 bits per heavy atom. The van der Waals surface area contributed by atoms with Gasteiger partial charge in [0, 0.05) is 12.2 Å². The number of hydrogen-bond acceptors (Lipinski definition) is 5. The molecule has 0 unspecified atom stereocenters. The number of likely N-dealkylation sites (tertiary alicyclic amines) is 1. The molecule has 4 rings (SSSR count). The Morgan fingerprint density at radius 2 is 2.03 bits per heavy atom. The molecule has 0 saturated carbocycles. The van der Waals surface area contributed by atoms with Gasteiger partial charge in [0.25, 0.3) is 0 Å². The number of H-pyrrole nitrogens is 1. The Kier molecular flexibility index (Phi) is 7.18. The van der Waals surface area contributed by atoms with Crippen molar-refractivity contribution < 1.29 is 9.53 Å². The van der Waals surface area contributed by atoms with E-state index in [1.54, 1.807) is 23.9 Å². The van der Waals surface area contributed by atoms with Gasteiger partial charge in [-0.15, -0.1) is 0 Å². The maximum Gasteiger partial charge on any atom is 0.327 e. The molecular weight excluding hydrogens is 430 g/mol. The van der Waals surface area contributed by atoms with Gasteiger partial charge in [-0.25, -0.2) is 4.79 Å². The van der Waals surface area contributed by atoms with Gasteiger partial charge in [-0.1, -0.05) is 24.8 Å². The number of nitrogens with zero attached hydrogens (tertiary/aromatic N) is 2. The van der Waals surface area contributed by atoms with E-state index in [1.165, 1.54) is 24.5 Å². The van der Waals surface area contributed by atoms with Gasteiger partial charge in [0.1, 0.15) is 11.6 Å². The van der Waals surface area contributed by atoms with Gasteiger partial charge >= 0.3 is 5.69 Å². The Labute approximate surface area is 199 Å². The van der Waals surface area contributed by atoms with Gasteiger partial charge in [-0.3, -0.25) is 19.2 Å². The second-order valence-electron chi connectivity index (χ2n) is 8.52. The molecule has 2 heterocycles. The number of amides is 1. The van der Waals surface area contributed by atoms with E-state index >= 15 is 0 Å². The highest BCUT2D eigenvalue weighted by molar-refractivity contribution is 5.98. The third-order valence-corrected chi connectivity index (χ3v) is 6.12. The average molecular weight is 462 g/mol. The van der Waals surface area contributed by atoms with Crippen LogP contribution in [-0.2, 0) is 11.3 Å². The van der Waals surface area contributed by atoms with E-state index < -0.39 is 0 Å². The highest BCUT2D eigenvalue weighted by atomic mass is 16.5. The number of rotatable bonds is 9. The van der Waals surface area contributed by atoms with Crippen molar-refractivity contribution in [2.45, 2.75) is 32.4 Å². The quantitative estimate of drug-likeness (QED) is 0.414. The summed E-state index contributed by atoms with van der Waals surface area (Å²) in [7, 11) is 1.65. The molecule has 178 valence electrons. The van der Waals surface area contributed by atoms with Gasteiger partial charge in [0.15, 0.2) is 0 Å². The Balaban J connectivity index is 1.51. The standard InChI is InChI=1S/C26H31N5O3/c1-4-25(32)27-21-9-7-8-20(15-21)18(2)31-17-24(29-26(31)33)28-22-11-10-19(14-23(22)34-3)16-30-12-5-6-13-30/h4,7-11,14-15,17-18,28H,1,5-6,12-13,16H2,2-3H3,(H,27,32)(H,29,33)/t18-/m1/s1. The van der Waals surface area contributed by atoms with Crippen LogP contribution in [0.2, 0.25) is 0 Å². The third kappa shape index (κ3) is 5.40. The molecule has 34 heavy (non-hydrogen) atoms. The van der Waals surface area contributed by atoms with Gasteiger partial charge in [0.05, 0.1) is 25.0 Å². The highest BCUT2D eigenvalue weighted by Gasteiger charge is 2.16. The van der Waals surface area contributed by atoms with E-state index in [2.05, 4.69) is 33.2 Å². The van der Waals surface area contributed by atoms with E-state index in [9.17, 15) is 9.59 Å². The molecule has 0 aliphatic carbocycles. The highest BCUT2D eigenvalue weighted by Crippen LogP contribution is 2.29. The molecule has 8 nitrogen and oxygen atoms in total. The number of ether oxygens (including phenoxy) is 1. The van der Waals surface area contributed by atoms with Crippen LogP contribution >= 0.6 is 0 Å². The zero-order valence-corrected chi connectivity index (χ0v) is 19.6. The van der Waals surface area contributed by atoms with Crippen molar-refractivity contribution in [2.24, 2.45) is 0 Å². The summed E-state index contributed by atoms with van der Waals surface area (Å²) in [5.74, 6) is 1.01. The van der Waals surface area contributed by atoms with Crippen LogP contribution in [0.4, 0.5) is 17.2 Å². The molecule has 0 bridgehead atoms. The SMILES string of the molecule is C=CC(=O)Nc1cccc([C@@H](C)n2cc(Nc3ccc(CN4CCCC4)cc3OC)[nH]c2=O)c1. The third-order valence-electron chi connectivity index (χ3n) is 6.12. The van der Waals surface area contributed by atoms with Crippen molar-refractivity contribution in [1.82, 2.24) is 14.5 Å². The van der Waals surface area contributed by atoms with Gasteiger partial charge in [0.2, 0.25) is 5.91 Å². The smallest absolute Gasteiger partial charge is 0.327 e. The van der Waals surface area contributed by atoms with Crippen LogP contribution in [0.25, 0.3) is 0 Å². The molecular formula is C26H31N5O3. The minimum atomic E-state index is -0.282. The number of nitrogens with one attached hydrogen (secondary N) is 3. The van der Waals surface area contributed by atoms with Gasteiger partial charge in [-0.05, 0) is 74.3 Å². The fraction of sp³-hybridized carbons (Fsp3) is 0.308. The number of imidazole rings is 1. The lowest BCUT2D eigenvalue weighted by molar-refractivity contribution is -0.111. The minimum Gasteiger partial charge on any atom is -0.495 e. The van der Waals surface area contributed by atoms with Crippen molar-refractivity contribution >= 4 is 23.1 Å². The first-order valence-electron chi connectivity index (χ1n) is 11.5. The normalized spacial score (nSPS) is 14.5. The van der Waals surface area contributed by atoms with Crippen molar-refractivity contribution in [1.29, 1.82) is 0 Å². The van der Waals surface area contributed by atoms with Gasteiger partial charge in [-0.2, -0.15) is 0 Å². The van der Waals surface area contributed by atoms with Crippen molar-refractivity contribution in [3.63, 3.8) is 0 Å². The number of benzene rings is 2. The first-order chi connectivity index (χ1) is 16.5. The topological polar surface area (TPSA) is 91.4 Å². The number of aromatic amines is 1. The number of hydrogen-bond donors (Lipinski definition) is 3. The number of methoxy groups -OCH3 is 1. The summed E-state index contributed by atoms with van der Waals surface area (Å²) in [5.41, 5.74) is 3.28. The number of carbonyl (C=O) groups is 1. The predicted molar refractivity (Wildman–Crippen MR) is 135 cm³/mol. The fourth-order valence-corrected chi connectivity index (χ4v) is 4.27. The monoisotopic (exact) mass is 461 g/mol. The van der Waals surface area contributed by atoms with Crippen molar-refractivity contribution in [3.8, 4) is 5.75 Å². The maximum absolute atomic E-state index is 12.7. The summed E-state index contributed by atoms with van der Waals surface area (Å²) in [6, 6.07) is 13.3. The van der Waals surface area contributed by atoms with Crippen LogP contribution in [0.15, 0.2) is 66.1 Å². The lowest BCUT2D eigenvalue weighted by Crippen LogP contribution is -2.20. The van der Waals surface area contributed by atoms with Crippen LogP contribution in [0, 0.1) is 0 Å². The summed E-state index contributed by atoms with van der Waals surface area (Å²) in [4.78, 5) is 29.6. The van der Waals surface area contributed by atoms with Crippen LogP contribution < -0.4 is 21.1 Å². The van der Waals surface area contributed by atoms with E-state index in [0.717, 1.165) is 36.6 Å². The number of aromatic nitrogens is 2. The molecule has 1 saturated heterocycles. The minimum absolute atomic E-state index is 0.236. The van der Waals surface area contributed by atoms with Crippen molar-refractivity contribution in [2.75, 3.05) is 30.8 Å². The summed E-state index contributed by atoms with van der Waals surface area (Å²) < 4.78 is 7.23. The van der Waals surface area contributed by atoms with E-state index in [0.29, 0.717) is 11.5 Å². The molecule has 1 amide bonds. The van der Waals surface area contributed by atoms with Crippen LogP contribution in [0.3, 0.4) is 0 Å². The Hall–Kier alpha value is -3.78. The second-order valence-corrected chi connectivity index (χ2v) is 8.52. The largest absolute Gasteiger partial charge is 0.495 e. The number of anilines is 3. The summed E-state index contributed by atoms with van der Waals surface area (Å²) in [6.45, 7) is 8.59. The summed E-state index contributed by atoms with van der Waals surface area (Å²) in [6.07, 6.45) is 5.48. The molecule has 2 aromatic carbocycles. The fourth-order valence-electron chi connectivity index (χ4n) is 4.27. The second kappa shape index (κ2) is 10.4. The Bertz CT molecular complexity index is 1220. The lowest BCUT2D eigenvalue weighted by Gasteiger charge is -2.17. The molecule has 1 aromatic heterocycles. The molecule has 3 aromatic rings. The molecule has 8 heteroatoms. The molecule has 3 N–H and O–H groups in total. The maximum atomic E-state index is 12.7. The van der Waals surface area contributed by atoms with Crippen molar-refractivity contribution in [3.05, 3.63) is 82.9 Å². The van der Waals surface area contributed by atoms with Crippen LogP contribution in [0.1, 0.15) is 36.9 Å². The zero-order chi connectivity index (χ0) is 24.1. The van der Waals surface area contributed by atoms with Crippen LogP contribution in [-0.4, -0.2) is 40.6 Å². The summed E-state index contributed by atoms with van der Waals surface area (Å²) >= 11 is 0. The predicted octanol–water partition coefficient (Wildman–Crippen LogP) is 4.26. The van der Waals surface area contributed by atoms with E-state index in [1.807, 2.05) is 37.3 Å². The molecule has 1 aliphatic heterocycles. The first kappa shape index (κ1) is 23.4. The molecule has 0 spiro atoms. The summed E-state index contributed by atoms with van der Waals surface area (Å²) in [5, 5.41) is 6.02. The molecule has 1 aliphatic rings. The Morgan fingerprint density at radius 1 is 1.24 bits per heavy atom. The molecule has 0 radical (unpaired) electrons. The van der Waals surface area contributed by atoms with Crippen LogP contribution in [0.5, 0.6) is 5.75 Å².